The van der Waals surface area contributed by atoms with Crippen molar-refractivity contribution < 1.29 is 9.59 Å². The number of likely N-dealkylation sites (tertiary alicyclic amines) is 1. The fraction of sp³-hybridized carbons (Fsp3) is 0.588. The molecule has 0 atom stereocenters. The summed E-state index contributed by atoms with van der Waals surface area (Å²) in [6.45, 7) is 7.51. The van der Waals surface area contributed by atoms with Crippen molar-refractivity contribution >= 4 is 28.1 Å². The van der Waals surface area contributed by atoms with E-state index in [1.54, 1.807) is 6.20 Å². The number of rotatable bonds is 4. The minimum absolute atomic E-state index is 0.0324. The van der Waals surface area contributed by atoms with Crippen LogP contribution in [0, 0.1) is 12.8 Å². The maximum Gasteiger partial charge on any atom is 0.263 e. The van der Waals surface area contributed by atoms with Gasteiger partial charge in [0.2, 0.25) is 5.91 Å². The van der Waals surface area contributed by atoms with Crippen LogP contribution in [-0.2, 0) is 4.79 Å². The molecule has 3 rings (SSSR count). The van der Waals surface area contributed by atoms with Gasteiger partial charge in [0.15, 0.2) is 4.96 Å². The van der Waals surface area contributed by atoms with E-state index in [0.29, 0.717) is 12.3 Å². The summed E-state index contributed by atoms with van der Waals surface area (Å²) in [4.78, 5) is 32.4. The molecule has 1 aliphatic rings. The van der Waals surface area contributed by atoms with Gasteiger partial charge in [-0.15, -0.1) is 0 Å². The molecule has 0 unspecified atom stereocenters. The molecular formula is C17H24N4O2S. The third-order valence-corrected chi connectivity index (χ3v) is 5.63. The first-order valence-corrected chi connectivity index (χ1v) is 9.28. The number of hydrogen-bond acceptors (Lipinski definition) is 4. The summed E-state index contributed by atoms with van der Waals surface area (Å²) in [6.07, 6.45) is 5.85. The Morgan fingerprint density at radius 1 is 1.38 bits per heavy atom. The van der Waals surface area contributed by atoms with Crippen molar-refractivity contribution in [2.75, 3.05) is 13.1 Å². The summed E-state index contributed by atoms with van der Waals surface area (Å²) in [5.41, 5.74) is 0.926. The van der Waals surface area contributed by atoms with Gasteiger partial charge in [0.1, 0.15) is 4.88 Å². The fourth-order valence-corrected chi connectivity index (χ4v) is 4.10. The van der Waals surface area contributed by atoms with E-state index in [1.165, 1.54) is 11.3 Å². The summed E-state index contributed by atoms with van der Waals surface area (Å²) in [6, 6.07) is 0.134. The van der Waals surface area contributed by atoms with Crippen LogP contribution in [0.25, 0.3) is 4.96 Å². The largest absolute Gasteiger partial charge is 0.348 e. The molecule has 6 nitrogen and oxygen atoms in total. The molecule has 0 saturated carbocycles. The molecule has 2 amide bonds. The van der Waals surface area contributed by atoms with Gasteiger partial charge < -0.3 is 10.2 Å². The standard InChI is InChI=1S/C17H24N4O2S/c1-11(2)10-14(22)20-7-4-13(5-8-20)19-16(23)15-12(3)21-9-6-18-17(21)24-15/h6,9,11,13H,4-5,7-8,10H2,1-3H3,(H,19,23). The van der Waals surface area contributed by atoms with E-state index >= 15 is 0 Å². The highest BCUT2D eigenvalue weighted by atomic mass is 32.1. The zero-order chi connectivity index (χ0) is 17.3. The molecule has 1 saturated heterocycles. The van der Waals surface area contributed by atoms with Gasteiger partial charge in [-0.1, -0.05) is 25.2 Å². The molecule has 2 aromatic heterocycles. The van der Waals surface area contributed by atoms with Crippen LogP contribution < -0.4 is 5.32 Å². The maximum atomic E-state index is 12.5. The molecule has 1 fully saturated rings. The summed E-state index contributed by atoms with van der Waals surface area (Å²) in [5, 5.41) is 3.12. The summed E-state index contributed by atoms with van der Waals surface area (Å²) >= 11 is 1.41. The first-order valence-electron chi connectivity index (χ1n) is 8.46. The number of piperidine rings is 1. The molecule has 1 aliphatic heterocycles. The highest BCUT2D eigenvalue weighted by molar-refractivity contribution is 7.19. The van der Waals surface area contributed by atoms with Crippen molar-refractivity contribution in [2.45, 2.75) is 46.1 Å². The summed E-state index contributed by atoms with van der Waals surface area (Å²) in [7, 11) is 0. The van der Waals surface area contributed by atoms with Gasteiger partial charge in [0, 0.05) is 43.6 Å². The van der Waals surface area contributed by atoms with Gasteiger partial charge in [-0.05, 0) is 25.7 Å². The van der Waals surface area contributed by atoms with Crippen LogP contribution in [-0.4, -0.2) is 45.2 Å². The van der Waals surface area contributed by atoms with E-state index in [1.807, 2.05) is 22.4 Å². The number of carbonyl (C=O) groups is 2. The van der Waals surface area contributed by atoms with Crippen molar-refractivity contribution in [1.82, 2.24) is 19.6 Å². The van der Waals surface area contributed by atoms with Crippen LogP contribution >= 0.6 is 11.3 Å². The van der Waals surface area contributed by atoms with E-state index in [-0.39, 0.29) is 17.9 Å². The monoisotopic (exact) mass is 348 g/mol. The average molecular weight is 348 g/mol. The number of imidazole rings is 1. The topological polar surface area (TPSA) is 66.7 Å². The van der Waals surface area contributed by atoms with Gasteiger partial charge in [0.25, 0.3) is 5.91 Å². The van der Waals surface area contributed by atoms with Crippen molar-refractivity contribution in [1.29, 1.82) is 0 Å². The molecule has 24 heavy (non-hydrogen) atoms. The minimum Gasteiger partial charge on any atom is -0.348 e. The van der Waals surface area contributed by atoms with E-state index in [0.717, 1.165) is 41.5 Å². The number of amides is 2. The van der Waals surface area contributed by atoms with Crippen molar-refractivity contribution in [3.8, 4) is 0 Å². The summed E-state index contributed by atoms with van der Waals surface area (Å²) < 4.78 is 1.94. The maximum absolute atomic E-state index is 12.5. The Bertz CT molecular complexity index is 741. The number of thiazole rings is 1. The number of aryl methyl sites for hydroxylation is 1. The molecule has 0 radical (unpaired) electrons. The molecule has 0 spiro atoms. The first-order chi connectivity index (χ1) is 11.5. The second-order valence-corrected chi connectivity index (χ2v) is 7.80. The van der Waals surface area contributed by atoms with Crippen LogP contribution in [0.15, 0.2) is 12.4 Å². The normalized spacial score (nSPS) is 16.1. The first kappa shape index (κ1) is 17.0. The van der Waals surface area contributed by atoms with Gasteiger partial charge >= 0.3 is 0 Å². The highest BCUT2D eigenvalue weighted by Gasteiger charge is 2.25. The van der Waals surface area contributed by atoms with Gasteiger partial charge in [-0.2, -0.15) is 0 Å². The van der Waals surface area contributed by atoms with E-state index in [4.69, 9.17) is 0 Å². The fourth-order valence-electron chi connectivity index (χ4n) is 3.11. The smallest absolute Gasteiger partial charge is 0.263 e. The second kappa shape index (κ2) is 6.93. The Hall–Kier alpha value is -1.89. The summed E-state index contributed by atoms with van der Waals surface area (Å²) in [5.74, 6) is 0.579. The number of aromatic nitrogens is 2. The van der Waals surface area contributed by atoms with Crippen molar-refractivity contribution in [3.05, 3.63) is 23.0 Å². The lowest BCUT2D eigenvalue weighted by molar-refractivity contribution is -0.133. The zero-order valence-electron chi connectivity index (χ0n) is 14.4. The van der Waals surface area contributed by atoms with Crippen LogP contribution in [0.3, 0.4) is 0 Å². The van der Waals surface area contributed by atoms with Crippen LogP contribution in [0.5, 0.6) is 0 Å². The van der Waals surface area contributed by atoms with E-state index in [2.05, 4.69) is 24.1 Å². The SMILES string of the molecule is Cc1c(C(=O)NC2CCN(C(=O)CC(C)C)CC2)sc2nccn12. The predicted molar refractivity (Wildman–Crippen MR) is 94.3 cm³/mol. The van der Waals surface area contributed by atoms with Crippen LogP contribution in [0.4, 0.5) is 0 Å². The zero-order valence-corrected chi connectivity index (χ0v) is 15.2. The third-order valence-electron chi connectivity index (χ3n) is 4.46. The number of nitrogens with zero attached hydrogens (tertiary/aromatic N) is 3. The molecule has 3 heterocycles. The van der Waals surface area contributed by atoms with Crippen LogP contribution in [0.1, 0.15) is 48.5 Å². The third kappa shape index (κ3) is 3.45. The van der Waals surface area contributed by atoms with Crippen molar-refractivity contribution in [3.63, 3.8) is 0 Å². The highest BCUT2D eigenvalue weighted by Crippen LogP contribution is 2.22. The molecule has 1 N–H and O–H groups in total. The number of fused-ring (bicyclic) bond motifs is 1. The Morgan fingerprint density at radius 3 is 2.71 bits per heavy atom. The lowest BCUT2D eigenvalue weighted by Gasteiger charge is -2.32. The molecule has 0 bridgehead atoms. The number of carbonyl (C=O) groups excluding carboxylic acids is 2. The molecule has 130 valence electrons. The van der Waals surface area contributed by atoms with E-state index < -0.39 is 0 Å². The second-order valence-electron chi connectivity index (χ2n) is 6.82. The lowest BCUT2D eigenvalue weighted by Crippen LogP contribution is -2.46. The Kier molecular flexibility index (Phi) is 4.89. The Morgan fingerprint density at radius 2 is 2.08 bits per heavy atom. The minimum atomic E-state index is -0.0324. The molecular weight excluding hydrogens is 324 g/mol. The lowest BCUT2D eigenvalue weighted by atomic mass is 10.0. The van der Waals surface area contributed by atoms with Gasteiger partial charge in [-0.25, -0.2) is 4.98 Å². The Balaban J connectivity index is 1.56. The average Bonchev–Trinajstić information content (AvgIpc) is 3.10. The van der Waals surface area contributed by atoms with Gasteiger partial charge in [0.05, 0.1) is 0 Å². The molecule has 2 aromatic rings. The predicted octanol–water partition coefficient (Wildman–Crippen LogP) is 2.47. The molecule has 7 heteroatoms. The number of hydrogen-bond donors (Lipinski definition) is 1. The Labute approximate surface area is 145 Å². The van der Waals surface area contributed by atoms with Crippen molar-refractivity contribution in [2.24, 2.45) is 5.92 Å². The molecule has 0 aliphatic carbocycles. The molecule has 0 aromatic carbocycles. The van der Waals surface area contributed by atoms with Crippen LogP contribution in [0.2, 0.25) is 0 Å². The van der Waals surface area contributed by atoms with E-state index in [9.17, 15) is 9.59 Å². The quantitative estimate of drug-likeness (QED) is 0.923. The van der Waals surface area contributed by atoms with Gasteiger partial charge in [-0.3, -0.25) is 14.0 Å². The number of nitrogens with one attached hydrogen (secondary N) is 1.